The summed E-state index contributed by atoms with van der Waals surface area (Å²) < 4.78 is 5.46. The highest BCUT2D eigenvalue weighted by atomic mass is 16.5. The van der Waals surface area contributed by atoms with Gasteiger partial charge in [-0.25, -0.2) is 0 Å². The summed E-state index contributed by atoms with van der Waals surface area (Å²) in [6, 6.07) is 8.85. The van der Waals surface area contributed by atoms with Crippen LogP contribution >= 0.6 is 0 Å². The van der Waals surface area contributed by atoms with Crippen LogP contribution in [0.5, 0.6) is 5.75 Å². The summed E-state index contributed by atoms with van der Waals surface area (Å²) in [6.07, 6.45) is 4.14. The topological polar surface area (TPSA) is 21.3 Å². The zero-order valence-corrected chi connectivity index (χ0v) is 11.8. The van der Waals surface area contributed by atoms with E-state index in [1.54, 1.807) is 0 Å². The number of rotatable bonds is 6. The normalized spacial score (nSPS) is 19.1. The molecule has 0 heterocycles. The van der Waals surface area contributed by atoms with Gasteiger partial charge in [0.15, 0.2) is 0 Å². The molecule has 0 bridgehead atoms. The quantitative estimate of drug-likeness (QED) is 0.822. The van der Waals surface area contributed by atoms with E-state index in [4.69, 9.17) is 4.74 Å². The van der Waals surface area contributed by atoms with Gasteiger partial charge in [0.1, 0.15) is 5.75 Å². The Hall–Kier alpha value is -1.02. The monoisotopic (exact) mass is 247 g/mol. The molecule has 1 fully saturated rings. The van der Waals surface area contributed by atoms with Crippen LogP contribution in [0.1, 0.15) is 51.6 Å². The molecule has 1 N–H and O–H groups in total. The lowest BCUT2D eigenvalue weighted by Gasteiger charge is -2.39. The standard InChI is InChI=1S/C16H25NO/c1-4-18-15-8-6-14(7-9-15)13(2)17-12-16(3)10-5-11-16/h6-9,13,17H,4-5,10-12H2,1-3H3. The fourth-order valence-corrected chi connectivity index (χ4v) is 2.49. The second-order valence-corrected chi connectivity index (χ2v) is 5.77. The molecule has 0 spiro atoms. The molecule has 1 aromatic carbocycles. The van der Waals surface area contributed by atoms with Gasteiger partial charge in [-0.3, -0.25) is 0 Å². The molecule has 2 heteroatoms. The second-order valence-electron chi connectivity index (χ2n) is 5.77. The highest BCUT2D eigenvalue weighted by Gasteiger charge is 2.31. The van der Waals surface area contributed by atoms with Gasteiger partial charge in [-0.15, -0.1) is 0 Å². The van der Waals surface area contributed by atoms with Crippen molar-refractivity contribution in [2.24, 2.45) is 5.41 Å². The van der Waals surface area contributed by atoms with E-state index in [9.17, 15) is 0 Å². The maximum absolute atomic E-state index is 5.46. The van der Waals surface area contributed by atoms with E-state index in [2.05, 4.69) is 43.4 Å². The molecular formula is C16H25NO. The van der Waals surface area contributed by atoms with Gasteiger partial charge in [0.2, 0.25) is 0 Å². The van der Waals surface area contributed by atoms with Crippen LogP contribution in [0.3, 0.4) is 0 Å². The predicted octanol–water partition coefficient (Wildman–Crippen LogP) is 3.93. The molecule has 1 aromatic rings. The Labute approximate surface area is 111 Å². The van der Waals surface area contributed by atoms with Gasteiger partial charge >= 0.3 is 0 Å². The number of benzene rings is 1. The van der Waals surface area contributed by atoms with Crippen molar-refractivity contribution in [2.75, 3.05) is 13.2 Å². The zero-order chi connectivity index (χ0) is 13.0. The maximum atomic E-state index is 5.46. The van der Waals surface area contributed by atoms with Crippen LogP contribution < -0.4 is 10.1 Å². The van der Waals surface area contributed by atoms with Gasteiger partial charge in [0.05, 0.1) is 6.61 Å². The third-order valence-electron chi connectivity index (χ3n) is 4.09. The molecule has 1 aliphatic carbocycles. The minimum atomic E-state index is 0.415. The summed E-state index contributed by atoms with van der Waals surface area (Å²) in [5.74, 6) is 0.958. The molecule has 0 aliphatic heterocycles. The third-order valence-corrected chi connectivity index (χ3v) is 4.09. The van der Waals surface area contributed by atoms with Gasteiger partial charge < -0.3 is 10.1 Å². The first kappa shape index (κ1) is 13.4. The van der Waals surface area contributed by atoms with E-state index in [1.807, 2.05) is 6.92 Å². The fraction of sp³-hybridized carbons (Fsp3) is 0.625. The summed E-state index contributed by atoms with van der Waals surface area (Å²) in [4.78, 5) is 0. The van der Waals surface area contributed by atoms with Crippen molar-refractivity contribution in [3.8, 4) is 5.75 Å². The highest BCUT2D eigenvalue weighted by molar-refractivity contribution is 5.28. The molecule has 0 saturated heterocycles. The van der Waals surface area contributed by atoms with Crippen molar-refractivity contribution in [1.29, 1.82) is 0 Å². The van der Waals surface area contributed by atoms with Crippen LogP contribution in [0, 0.1) is 5.41 Å². The predicted molar refractivity (Wildman–Crippen MR) is 76.0 cm³/mol. The molecule has 1 unspecified atom stereocenters. The summed E-state index contributed by atoms with van der Waals surface area (Å²) in [5.41, 5.74) is 1.88. The SMILES string of the molecule is CCOc1ccc(C(C)NCC2(C)CCC2)cc1. The maximum Gasteiger partial charge on any atom is 0.119 e. The minimum absolute atomic E-state index is 0.415. The second kappa shape index (κ2) is 5.75. The average Bonchev–Trinajstić information content (AvgIpc) is 2.35. The Morgan fingerprint density at radius 1 is 1.28 bits per heavy atom. The third kappa shape index (κ3) is 3.26. The lowest BCUT2D eigenvalue weighted by atomic mass is 9.70. The van der Waals surface area contributed by atoms with Crippen molar-refractivity contribution in [3.05, 3.63) is 29.8 Å². The molecule has 0 radical (unpaired) electrons. The zero-order valence-electron chi connectivity index (χ0n) is 11.8. The molecule has 0 amide bonds. The first-order chi connectivity index (χ1) is 8.63. The molecule has 2 rings (SSSR count). The van der Waals surface area contributed by atoms with E-state index in [0.29, 0.717) is 11.5 Å². The first-order valence-corrected chi connectivity index (χ1v) is 7.09. The van der Waals surface area contributed by atoms with Gasteiger partial charge in [-0.2, -0.15) is 0 Å². The van der Waals surface area contributed by atoms with Crippen LogP contribution in [0.25, 0.3) is 0 Å². The van der Waals surface area contributed by atoms with Gasteiger partial charge in [-0.1, -0.05) is 25.5 Å². The van der Waals surface area contributed by atoms with Crippen molar-refractivity contribution in [3.63, 3.8) is 0 Å². The van der Waals surface area contributed by atoms with Crippen LogP contribution in [0.15, 0.2) is 24.3 Å². The van der Waals surface area contributed by atoms with Crippen LogP contribution in [0.2, 0.25) is 0 Å². The van der Waals surface area contributed by atoms with Crippen LogP contribution in [-0.2, 0) is 0 Å². The summed E-state index contributed by atoms with van der Waals surface area (Å²) in [7, 11) is 0. The van der Waals surface area contributed by atoms with Crippen molar-refractivity contribution < 1.29 is 4.74 Å². The minimum Gasteiger partial charge on any atom is -0.494 e. The smallest absolute Gasteiger partial charge is 0.119 e. The lowest BCUT2D eigenvalue weighted by Crippen LogP contribution is -2.38. The number of hydrogen-bond donors (Lipinski definition) is 1. The highest BCUT2D eigenvalue weighted by Crippen LogP contribution is 2.39. The largest absolute Gasteiger partial charge is 0.494 e. The molecule has 1 atom stereocenters. The van der Waals surface area contributed by atoms with Crippen molar-refractivity contribution >= 4 is 0 Å². The van der Waals surface area contributed by atoms with Gasteiger partial charge in [0, 0.05) is 12.6 Å². The van der Waals surface area contributed by atoms with E-state index in [0.717, 1.165) is 18.9 Å². The van der Waals surface area contributed by atoms with Gasteiger partial charge in [0.25, 0.3) is 0 Å². The van der Waals surface area contributed by atoms with Crippen LogP contribution in [-0.4, -0.2) is 13.2 Å². The van der Waals surface area contributed by atoms with E-state index in [-0.39, 0.29) is 0 Å². The Morgan fingerprint density at radius 3 is 2.44 bits per heavy atom. The molecule has 1 aliphatic rings. The number of ether oxygens (including phenoxy) is 1. The molecule has 2 nitrogen and oxygen atoms in total. The molecule has 1 saturated carbocycles. The van der Waals surface area contributed by atoms with E-state index < -0.39 is 0 Å². The van der Waals surface area contributed by atoms with E-state index in [1.165, 1.54) is 24.8 Å². The Morgan fingerprint density at radius 2 is 1.94 bits per heavy atom. The molecule has 18 heavy (non-hydrogen) atoms. The lowest BCUT2D eigenvalue weighted by molar-refractivity contribution is 0.152. The Kier molecular flexibility index (Phi) is 4.28. The van der Waals surface area contributed by atoms with Crippen molar-refractivity contribution in [2.45, 2.75) is 46.1 Å². The Balaban J connectivity index is 1.85. The van der Waals surface area contributed by atoms with Crippen molar-refractivity contribution in [1.82, 2.24) is 5.32 Å². The summed E-state index contributed by atoms with van der Waals surface area (Å²) in [5, 5.41) is 3.65. The number of nitrogens with one attached hydrogen (secondary N) is 1. The average molecular weight is 247 g/mol. The van der Waals surface area contributed by atoms with Gasteiger partial charge in [-0.05, 0) is 49.8 Å². The summed E-state index contributed by atoms with van der Waals surface area (Å²) in [6.45, 7) is 8.48. The van der Waals surface area contributed by atoms with Crippen LogP contribution in [0.4, 0.5) is 0 Å². The van der Waals surface area contributed by atoms with E-state index >= 15 is 0 Å². The fourth-order valence-electron chi connectivity index (χ4n) is 2.49. The first-order valence-electron chi connectivity index (χ1n) is 7.09. The number of hydrogen-bond acceptors (Lipinski definition) is 2. The molecule has 100 valence electrons. The molecule has 0 aromatic heterocycles. The Bertz CT molecular complexity index is 367. The molecular weight excluding hydrogens is 222 g/mol. The summed E-state index contributed by atoms with van der Waals surface area (Å²) >= 11 is 0.